The fraction of sp³-hybridized carbons (Fsp3) is 0.667. The van der Waals surface area contributed by atoms with E-state index in [1.807, 2.05) is 25.8 Å². The SMILES string of the molecule is CCNC(=O)CN(C)c1nc(C2CC2)nc(NCC)c1C. The minimum atomic E-state index is 0.0102. The zero-order chi connectivity index (χ0) is 15.4. The highest BCUT2D eigenvalue weighted by Gasteiger charge is 2.28. The molecule has 0 radical (unpaired) electrons. The molecule has 2 N–H and O–H groups in total. The van der Waals surface area contributed by atoms with E-state index in [0.29, 0.717) is 19.0 Å². The maximum absolute atomic E-state index is 11.8. The summed E-state index contributed by atoms with van der Waals surface area (Å²) in [4.78, 5) is 23.0. The first-order chi connectivity index (χ1) is 10.1. The van der Waals surface area contributed by atoms with Crippen molar-refractivity contribution in [2.75, 3.05) is 36.9 Å². The molecule has 1 aromatic heterocycles. The van der Waals surface area contributed by atoms with Crippen molar-refractivity contribution in [1.82, 2.24) is 15.3 Å². The molecule has 2 rings (SSSR count). The van der Waals surface area contributed by atoms with E-state index in [-0.39, 0.29) is 5.91 Å². The minimum Gasteiger partial charge on any atom is -0.370 e. The molecule has 0 bridgehead atoms. The van der Waals surface area contributed by atoms with Crippen LogP contribution in [-0.4, -0.2) is 42.6 Å². The Morgan fingerprint density at radius 3 is 2.57 bits per heavy atom. The molecule has 116 valence electrons. The number of likely N-dealkylation sites (N-methyl/N-ethyl adjacent to an activating group) is 2. The zero-order valence-electron chi connectivity index (χ0n) is 13.4. The van der Waals surface area contributed by atoms with E-state index in [2.05, 4.69) is 27.5 Å². The van der Waals surface area contributed by atoms with Gasteiger partial charge in [0.05, 0.1) is 6.54 Å². The Morgan fingerprint density at radius 1 is 1.29 bits per heavy atom. The van der Waals surface area contributed by atoms with Gasteiger partial charge < -0.3 is 15.5 Å². The summed E-state index contributed by atoms with van der Waals surface area (Å²) in [5, 5.41) is 6.11. The van der Waals surface area contributed by atoms with E-state index in [1.54, 1.807) is 0 Å². The summed E-state index contributed by atoms with van der Waals surface area (Å²) in [6.45, 7) is 7.74. The molecule has 6 nitrogen and oxygen atoms in total. The summed E-state index contributed by atoms with van der Waals surface area (Å²) in [6.07, 6.45) is 2.32. The van der Waals surface area contributed by atoms with Gasteiger partial charge in [-0.2, -0.15) is 0 Å². The molecule has 0 aromatic carbocycles. The molecule has 0 unspecified atom stereocenters. The van der Waals surface area contributed by atoms with Gasteiger partial charge in [-0.05, 0) is 33.6 Å². The van der Waals surface area contributed by atoms with Gasteiger partial charge in [-0.3, -0.25) is 4.79 Å². The average molecular weight is 291 g/mol. The molecule has 0 saturated heterocycles. The van der Waals surface area contributed by atoms with Gasteiger partial charge in [-0.15, -0.1) is 0 Å². The lowest BCUT2D eigenvalue weighted by Crippen LogP contribution is -2.36. The molecule has 1 amide bonds. The van der Waals surface area contributed by atoms with Crippen molar-refractivity contribution in [3.05, 3.63) is 11.4 Å². The quantitative estimate of drug-likeness (QED) is 0.799. The smallest absolute Gasteiger partial charge is 0.239 e. The van der Waals surface area contributed by atoms with Crippen LogP contribution in [0.25, 0.3) is 0 Å². The number of hydrogen-bond acceptors (Lipinski definition) is 5. The van der Waals surface area contributed by atoms with Crippen LogP contribution in [0.2, 0.25) is 0 Å². The van der Waals surface area contributed by atoms with Crippen molar-refractivity contribution in [1.29, 1.82) is 0 Å². The first-order valence-corrected chi connectivity index (χ1v) is 7.67. The fourth-order valence-corrected chi connectivity index (χ4v) is 2.30. The Labute approximate surface area is 126 Å². The number of nitrogens with zero attached hydrogens (tertiary/aromatic N) is 3. The van der Waals surface area contributed by atoms with Gasteiger partial charge >= 0.3 is 0 Å². The third-order valence-electron chi connectivity index (χ3n) is 3.54. The van der Waals surface area contributed by atoms with E-state index in [1.165, 1.54) is 0 Å². The topological polar surface area (TPSA) is 70.2 Å². The highest BCUT2D eigenvalue weighted by atomic mass is 16.2. The number of amides is 1. The standard InChI is InChI=1S/C15H25N5O/c1-5-16-12(21)9-20(4)15-10(3)13(17-6-2)18-14(19-15)11-7-8-11/h11H,5-9H2,1-4H3,(H,16,21)(H,17,18,19). The molecular weight excluding hydrogens is 266 g/mol. The molecule has 1 aliphatic rings. The number of carbonyl (C=O) groups excluding carboxylic acids is 1. The van der Waals surface area contributed by atoms with Gasteiger partial charge in [-0.25, -0.2) is 9.97 Å². The van der Waals surface area contributed by atoms with Gasteiger partial charge in [-0.1, -0.05) is 0 Å². The monoisotopic (exact) mass is 291 g/mol. The molecule has 1 aliphatic carbocycles. The van der Waals surface area contributed by atoms with Crippen LogP contribution in [0.1, 0.15) is 44.0 Å². The number of anilines is 2. The number of aromatic nitrogens is 2. The van der Waals surface area contributed by atoms with Crippen LogP contribution in [0, 0.1) is 6.92 Å². The van der Waals surface area contributed by atoms with Gasteiger partial charge in [0.2, 0.25) is 5.91 Å². The van der Waals surface area contributed by atoms with Gasteiger partial charge in [0, 0.05) is 31.6 Å². The number of hydrogen-bond donors (Lipinski definition) is 2. The highest BCUT2D eigenvalue weighted by molar-refractivity contribution is 5.81. The predicted molar refractivity (Wildman–Crippen MR) is 84.9 cm³/mol. The summed E-state index contributed by atoms with van der Waals surface area (Å²) in [7, 11) is 1.90. The Morgan fingerprint density at radius 2 is 2.00 bits per heavy atom. The van der Waals surface area contributed by atoms with Crippen molar-refractivity contribution in [2.24, 2.45) is 0 Å². The highest BCUT2D eigenvalue weighted by Crippen LogP contribution is 2.39. The molecule has 0 aliphatic heterocycles. The number of rotatable bonds is 7. The summed E-state index contributed by atoms with van der Waals surface area (Å²) in [6, 6.07) is 0. The van der Waals surface area contributed by atoms with Crippen LogP contribution < -0.4 is 15.5 Å². The molecule has 1 aromatic rings. The van der Waals surface area contributed by atoms with Crippen LogP contribution in [0.5, 0.6) is 0 Å². The first-order valence-electron chi connectivity index (χ1n) is 7.67. The van der Waals surface area contributed by atoms with Crippen LogP contribution >= 0.6 is 0 Å². The molecule has 0 atom stereocenters. The Balaban J connectivity index is 2.25. The summed E-state index contributed by atoms with van der Waals surface area (Å²) >= 11 is 0. The lowest BCUT2D eigenvalue weighted by molar-refractivity contribution is -0.119. The summed E-state index contributed by atoms with van der Waals surface area (Å²) in [5.74, 6) is 3.12. The molecule has 0 spiro atoms. The van der Waals surface area contributed by atoms with Crippen LogP contribution in [0.15, 0.2) is 0 Å². The third-order valence-corrected chi connectivity index (χ3v) is 3.54. The second-order valence-electron chi connectivity index (χ2n) is 5.49. The summed E-state index contributed by atoms with van der Waals surface area (Å²) < 4.78 is 0. The molecule has 1 heterocycles. The maximum atomic E-state index is 11.8. The zero-order valence-corrected chi connectivity index (χ0v) is 13.4. The second kappa shape index (κ2) is 6.74. The van der Waals surface area contributed by atoms with E-state index < -0.39 is 0 Å². The lowest BCUT2D eigenvalue weighted by Gasteiger charge is -2.22. The number of carbonyl (C=O) groups is 1. The predicted octanol–water partition coefficient (Wildman–Crippen LogP) is 1.67. The fourth-order valence-electron chi connectivity index (χ4n) is 2.30. The van der Waals surface area contributed by atoms with Crippen LogP contribution in [-0.2, 0) is 4.79 Å². The first kappa shape index (κ1) is 15.5. The van der Waals surface area contributed by atoms with Gasteiger partial charge in [0.25, 0.3) is 0 Å². The van der Waals surface area contributed by atoms with Crippen molar-refractivity contribution >= 4 is 17.5 Å². The van der Waals surface area contributed by atoms with Gasteiger partial charge in [0.1, 0.15) is 17.5 Å². The normalized spacial score (nSPS) is 13.9. The van der Waals surface area contributed by atoms with E-state index in [4.69, 9.17) is 0 Å². The van der Waals surface area contributed by atoms with Crippen LogP contribution in [0.4, 0.5) is 11.6 Å². The van der Waals surface area contributed by atoms with Crippen molar-refractivity contribution in [2.45, 2.75) is 39.5 Å². The second-order valence-corrected chi connectivity index (χ2v) is 5.49. The molecule has 1 saturated carbocycles. The Hall–Kier alpha value is -1.85. The van der Waals surface area contributed by atoms with Gasteiger partial charge in [0.15, 0.2) is 0 Å². The van der Waals surface area contributed by atoms with E-state index in [0.717, 1.165) is 42.4 Å². The Kier molecular flexibility index (Phi) is 4.98. The van der Waals surface area contributed by atoms with Crippen molar-refractivity contribution in [3.63, 3.8) is 0 Å². The Bertz CT molecular complexity index is 513. The minimum absolute atomic E-state index is 0.0102. The lowest BCUT2D eigenvalue weighted by atomic mass is 10.2. The average Bonchev–Trinajstić information content (AvgIpc) is 3.25. The van der Waals surface area contributed by atoms with Crippen molar-refractivity contribution in [3.8, 4) is 0 Å². The largest absolute Gasteiger partial charge is 0.370 e. The number of nitrogens with one attached hydrogen (secondary N) is 2. The molecular formula is C15H25N5O. The van der Waals surface area contributed by atoms with Crippen molar-refractivity contribution < 1.29 is 4.79 Å². The molecule has 6 heteroatoms. The van der Waals surface area contributed by atoms with E-state index in [9.17, 15) is 4.79 Å². The molecule has 1 fully saturated rings. The maximum Gasteiger partial charge on any atom is 0.239 e. The molecule has 21 heavy (non-hydrogen) atoms. The van der Waals surface area contributed by atoms with Crippen LogP contribution in [0.3, 0.4) is 0 Å². The van der Waals surface area contributed by atoms with E-state index >= 15 is 0 Å². The summed E-state index contributed by atoms with van der Waals surface area (Å²) in [5.41, 5.74) is 0.994. The third kappa shape index (κ3) is 3.83.